The molecule has 2 aromatic carbocycles. The summed E-state index contributed by atoms with van der Waals surface area (Å²) in [5.41, 5.74) is -0.438. The minimum atomic E-state index is -4.42. The van der Waals surface area contributed by atoms with Crippen LogP contribution in [0, 0.1) is 17.6 Å². The first-order valence-corrected chi connectivity index (χ1v) is 15.9. The Morgan fingerprint density at radius 3 is 2.38 bits per heavy atom. The number of ether oxygens (including phenoxy) is 3. The molecule has 14 heteroatoms. The Morgan fingerprint density at radius 2 is 1.72 bits per heavy atom. The first kappa shape index (κ1) is 28.2. The van der Waals surface area contributed by atoms with Gasteiger partial charge in [-0.15, -0.1) is 0 Å². The van der Waals surface area contributed by atoms with Crippen molar-refractivity contribution < 1.29 is 44.6 Å². The minimum Gasteiger partial charge on any atom is -0.490 e. The molecule has 3 aliphatic heterocycles. The van der Waals surface area contributed by atoms with Crippen LogP contribution < -0.4 is 10.1 Å². The number of hydrogen-bond donors (Lipinski definition) is 1. The van der Waals surface area contributed by atoms with E-state index in [4.69, 9.17) is 25.8 Å². The van der Waals surface area contributed by atoms with Crippen LogP contribution in [-0.2, 0) is 38.7 Å². The van der Waals surface area contributed by atoms with Gasteiger partial charge in [0.05, 0.1) is 48.2 Å². The molecular weight excluding hydrogens is 580 g/mol. The molecule has 9 nitrogen and oxygen atoms in total. The van der Waals surface area contributed by atoms with E-state index in [-0.39, 0.29) is 42.0 Å². The molecule has 3 aliphatic rings. The minimum absolute atomic E-state index is 0.154. The van der Waals surface area contributed by atoms with Crippen molar-refractivity contribution in [2.75, 3.05) is 37.9 Å². The third-order valence-corrected chi connectivity index (χ3v) is 11.8. The Morgan fingerprint density at radius 1 is 1.03 bits per heavy atom. The number of halogens is 3. The van der Waals surface area contributed by atoms with Gasteiger partial charge in [0.15, 0.2) is 31.2 Å². The second-order valence-electron chi connectivity index (χ2n) is 9.84. The molecule has 0 spiro atoms. The highest BCUT2D eigenvalue weighted by Crippen LogP contribution is 2.55. The van der Waals surface area contributed by atoms with Crippen LogP contribution in [0.15, 0.2) is 41.3 Å². The summed E-state index contributed by atoms with van der Waals surface area (Å²) >= 11 is 5.96. The fourth-order valence-corrected chi connectivity index (χ4v) is 9.18. The largest absolute Gasteiger partial charge is 0.490 e. The Hall–Kier alpha value is -2.32. The number of benzene rings is 2. The number of amides is 1. The average Bonchev–Trinajstić information content (AvgIpc) is 2.86. The average molecular weight is 606 g/mol. The first-order valence-electron chi connectivity index (χ1n) is 12.3. The number of hydrogen-bond acceptors (Lipinski definition) is 8. The van der Waals surface area contributed by atoms with Crippen molar-refractivity contribution in [1.29, 1.82) is 0 Å². The van der Waals surface area contributed by atoms with Gasteiger partial charge in [-0.25, -0.2) is 25.6 Å². The second kappa shape index (κ2) is 10.6. The van der Waals surface area contributed by atoms with Crippen LogP contribution in [0.25, 0.3) is 0 Å². The van der Waals surface area contributed by atoms with E-state index in [2.05, 4.69) is 5.32 Å². The molecule has 0 radical (unpaired) electrons. The lowest BCUT2D eigenvalue weighted by Crippen LogP contribution is -2.57. The SMILES string of the molecule is O=C(CS(=O)(=O)CC[C@@H]1OCC[C@@]2(S(=O)(=O)c3ccc(Cl)cc3)c3c(F)ccc(F)c3OCC12)NC1COC1. The monoisotopic (exact) mass is 605 g/mol. The first-order chi connectivity index (χ1) is 18.4. The summed E-state index contributed by atoms with van der Waals surface area (Å²) in [6, 6.07) is 6.81. The van der Waals surface area contributed by atoms with Crippen LogP contribution in [0.3, 0.4) is 0 Å². The Bertz CT molecular complexity index is 1480. The maximum absolute atomic E-state index is 15.4. The van der Waals surface area contributed by atoms with Gasteiger partial charge in [-0.1, -0.05) is 11.6 Å². The normalized spacial score (nSPS) is 25.1. The quantitative estimate of drug-likeness (QED) is 0.486. The molecule has 2 aromatic rings. The number of nitrogens with one attached hydrogen (secondary N) is 1. The summed E-state index contributed by atoms with van der Waals surface area (Å²) in [6.45, 7) is 0.108. The van der Waals surface area contributed by atoms with Crippen LogP contribution in [0.2, 0.25) is 5.02 Å². The van der Waals surface area contributed by atoms with Gasteiger partial charge in [0.1, 0.15) is 16.3 Å². The maximum Gasteiger partial charge on any atom is 0.235 e. The highest BCUT2D eigenvalue weighted by atomic mass is 35.5. The van der Waals surface area contributed by atoms with Gasteiger partial charge in [-0.2, -0.15) is 0 Å². The lowest BCUT2D eigenvalue weighted by atomic mass is 9.75. The molecule has 1 unspecified atom stereocenters. The molecular formula is C25H26ClF2NO8S2. The molecule has 39 heavy (non-hydrogen) atoms. The van der Waals surface area contributed by atoms with Crippen LogP contribution in [0.1, 0.15) is 18.4 Å². The smallest absolute Gasteiger partial charge is 0.235 e. The molecule has 212 valence electrons. The highest BCUT2D eigenvalue weighted by Gasteiger charge is 2.61. The molecule has 0 aliphatic carbocycles. The van der Waals surface area contributed by atoms with Gasteiger partial charge < -0.3 is 19.5 Å². The van der Waals surface area contributed by atoms with Crippen LogP contribution >= 0.6 is 11.6 Å². The van der Waals surface area contributed by atoms with Gasteiger partial charge in [-0.3, -0.25) is 4.79 Å². The summed E-state index contributed by atoms with van der Waals surface area (Å²) in [5, 5.41) is 2.85. The number of carbonyl (C=O) groups is 1. The number of fused-ring (bicyclic) bond motifs is 3. The molecule has 0 saturated carbocycles. The summed E-state index contributed by atoms with van der Waals surface area (Å²) < 4.78 is 98.6. The van der Waals surface area contributed by atoms with E-state index in [0.29, 0.717) is 13.2 Å². The molecule has 2 saturated heterocycles. The van der Waals surface area contributed by atoms with Crippen molar-refractivity contribution in [3.8, 4) is 5.75 Å². The molecule has 0 bridgehead atoms. The Kier molecular flexibility index (Phi) is 7.66. The number of rotatable bonds is 8. The maximum atomic E-state index is 15.4. The van der Waals surface area contributed by atoms with E-state index in [0.717, 1.165) is 12.1 Å². The van der Waals surface area contributed by atoms with E-state index in [1.54, 1.807) is 0 Å². The Balaban J connectivity index is 1.49. The van der Waals surface area contributed by atoms with Crippen LogP contribution in [0.5, 0.6) is 5.75 Å². The van der Waals surface area contributed by atoms with Crippen molar-refractivity contribution in [3.05, 3.63) is 58.6 Å². The lowest BCUT2D eigenvalue weighted by Gasteiger charge is -2.50. The third-order valence-electron chi connectivity index (χ3n) is 7.41. The van der Waals surface area contributed by atoms with E-state index in [9.17, 15) is 26.0 Å². The van der Waals surface area contributed by atoms with Crippen molar-refractivity contribution in [2.45, 2.75) is 34.6 Å². The predicted molar refractivity (Wildman–Crippen MR) is 136 cm³/mol. The molecule has 3 heterocycles. The fourth-order valence-electron chi connectivity index (χ4n) is 5.49. The molecule has 1 amide bonds. The van der Waals surface area contributed by atoms with Crippen LogP contribution in [-0.4, -0.2) is 72.8 Å². The van der Waals surface area contributed by atoms with Crippen molar-refractivity contribution in [2.24, 2.45) is 5.92 Å². The van der Waals surface area contributed by atoms with Crippen molar-refractivity contribution in [3.63, 3.8) is 0 Å². The van der Waals surface area contributed by atoms with E-state index in [1.807, 2.05) is 0 Å². The molecule has 2 fully saturated rings. The molecule has 0 aromatic heterocycles. The molecule has 3 atom stereocenters. The topological polar surface area (TPSA) is 125 Å². The summed E-state index contributed by atoms with van der Waals surface area (Å²) in [6.07, 6.45) is -1.40. The zero-order valence-electron chi connectivity index (χ0n) is 20.6. The predicted octanol–water partition coefficient (Wildman–Crippen LogP) is 2.40. The summed E-state index contributed by atoms with van der Waals surface area (Å²) in [7, 11) is -8.33. The van der Waals surface area contributed by atoms with Crippen LogP contribution in [0.4, 0.5) is 8.78 Å². The number of sulfone groups is 2. The lowest BCUT2D eigenvalue weighted by molar-refractivity contribution is -0.122. The second-order valence-corrected chi connectivity index (χ2v) is 14.7. The highest BCUT2D eigenvalue weighted by molar-refractivity contribution is 7.92. The fraction of sp³-hybridized carbons (Fsp3) is 0.480. The van der Waals surface area contributed by atoms with Crippen molar-refractivity contribution >= 4 is 37.2 Å². The number of carbonyl (C=O) groups excluding carboxylic acids is 1. The Labute approximate surface area is 229 Å². The summed E-state index contributed by atoms with van der Waals surface area (Å²) in [4.78, 5) is 12.0. The van der Waals surface area contributed by atoms with E-state index in [1.165, 1.54) is 24.3 Å². The van der Waals surface area contributed by atoms with Gasteiger partial charge in [-0.05, 0) is 49.2 Å². The molecule has 5 rings (SSSR count). The van der Waals surface area contributed by atoms with Crippen molar-refractivity contribution in [1.82, 2.24) is 5.32 Å². The third kappa shape index (κ3) is 5.15. The van der Waals surface area contributed by atoms with E-state index >= 15 is 4.39 Å². The zero-order chi connectivity index (χ0) is 28.0. The molecule has 1 N–H and O–H groups in total. The summed E-state index contributed by atoms with van der Waals surface area (Å²) in [5.74, 6) is -5.35. The van der Waals surface area contributed by atoms with Gasteiger partial charge in [0, 0.05) is 17.5 Å². The van der Waals surface area contributed by atoms with Gasteiger partial charge in [0.25, 0.3) is 0 Å². The van der Waals surface area contributed by atoms with E-state index < -0.39 is 76.8 Å². The van der Waals surface area contributed by atoms with Gasteiger partial charge in [0.2, 0.25) is 5.91 Å². The zero-order valence-corrected chi connectivity index (χ0v) is 23.0. The standard InChI is InChI=1S/C25H26ClF2NO8S2/c26-15-1-3-17(4-2-15)39(33,34)25-8-9-36-21(7-10-38(31,32)14-22(30)29-16-11-35-12-16)18(25)13-37-24-20(28)6-5-19(27)23(24)25/h1-6,16,18,21H,7-14H2,(H,29,30)/t18?,21-,25-/m0/s1. The van der Waals surface area contributed by atoms with Gasteiger partial charge >= 0.3 is 0 Å².